The molecule has 0 spiro atoms. The maximum absolute atomic E-state index is 12.7. The van der Waals surface area contributed by atoms with E-state index in [2.05, 4.69) is 5.32 Å². The molecular weight excluding hydrogens is 374 g/mol. The molecule has 1 aliphatic rings. The number of thiophene rings is 1. The molecule has 0 saturated carbocycles. The van der Waals surface area contributed by atoms with Crippen molar-refractivity contribution in [2.24, 2.45) is 5.73 Å². The van der Waals surface area contributed by atoms with Crippen molar-refractivity contribution in [3.8, 4) is 5.75 Å². The Balaban J connectivity index is 1.96. The fourth-order valence-corrected chi connectivity index (χ4v) is 3.93. The number of nitrogens with two attached hydrogens (primary N) is 1. The molecule has 3 N–H and O–H groups in total. The molecule has 0 bridgehead atoms. The van der Waals surface area contributed by atoms with E-state index < -0.39 is 5.60 Å². The van der Waals surface area contributed by atoms with Crippen LogP contribution < -0.4 is 15.8 Å². The second kappa shape index (κ2) is 7.75. The van der Waals surface area contributed by atoms with Crippen LogP contribution in [-0.4, -0.2) is 23.6 Å². The van der Waals surface area contributed by atoms with E-state index in [0.717, 1.165) is 27.6 Å². The molecule has 7 heteroatoms. The van der Waals surface area contributed by atoms with Gasteiger partial charge in [0.2, 0.25) is 0 Å². The summed E-state index contributed by atoms with van der Waals surface area (Å²) in [6.07, 6.45) is 0.333. The number of nitrogens with zero attached hydrogens (tertiary/aromatic N) is 1. The van der Waals surface area contributed by atoms with Gasteiger partial charge in [-0.2, -0.15) is 0 Å². The number of hydrogen-bond acceptors (Lipinski definition) is 6. The van der Waals surface area contributed by atoms with Crippen LogP contribution in [0.25, 0.3) is 0 Å². The molecule has 2 aromatic rings. The molecule has 1 atom stereocenters. The van der Waals surface area contributed by atoms with Crippen LogP contribution in [0, 0.1) is 0 Å². The quantitative estimate of drug-likeness (QED) is 0.750. The largest absolute Gasteiger partial charge is 0.456 e. The zero-order chi connectivity index (χ0) is 20.5. The number of nitrogens with one attached hydrogen (secondary N) is 1. The van der Waals surface area contributed by atoms with Crippen molar-refractivity contribution in [3.63, 3.8) is 0 Å². The monoisotopic (exact) mass is 401 g/mol. The first kappa shape index (κ1) is 20.1. The van der Waals surface area contributed by atoms with Crippen LogP contribution in [-0.2, 0) is 4.74 Å². The first-order valence-electron chi connectivity index (χ1n) is 9.26. The third-order valence-electron chi connectivity index (χ3n) is 4.32. The molecule has 1 aliphatic heterocycles. The predicted molar refractivity (Wildman–Crippen MR) is 112 cm³/mol. The molecule has 0 aliphatic carbocycles. The van der Waals surface area contributed by atoms with Crippen molar-refractivity contribution in [2.45, 2.75) is 45.8 Å². The van der Waals surface area contributed by atoms with Gasteiger partial charge < -0.3 is 20.5 Å². The van der Waals surface area contributed by atoms with Crippen molar-refractivity contribution in [1.82, 2.24) is 4.90 Å². The first-order chi connectivity index (χ1) is 13.2. The van der Waals surface area contributed by atoms with E-state index >= 15 is 0 Å². The minimum absolute atomic E-state index is 0.278. The number of allylic oxidation sites excluding steroid dienone is 1. The SMILES string of the molecule is CCC1=C(N)Nc2cc(C(c3cccs3)N(C)C(=O)OC(C)(C)C)ccc2O1. The second-order valence-electron chi connectivity index (χ2n) is 7.68. The van der Waals surface area contributed by atoms with Gasteiger partial charge in [0.1, 0.15) is 17.2 Å². The van der Waals surface area contributed by atoms with E-state index in [9.17, 15) is 4.79 Å². The molecule has 0 fully saturated rings. The highest BCUT2D eigenvalue weighted by Crippen LogP contribution is 2.38. The maximum Gasteiger partial charge on any atom is 0.410 e. The van der Waals surface area contributed by atoms with Crippen LogP contribution in [0.5, 0.6) is 5.75 Å². The Labute approximate surface area is 169 Å². The summed E-state index contributed by atoms with van der Waals surface area (Å²) >= 11 is 1.60. The van der Waals surface area contributed by atoms with Gasteiger partial charge >= 0.3 is 6.09 Å². The van der Waals surface area contributed by atoms with Gasteiger partial charge in [0.05, 0.1) is 11.7 Å². The molecule has 1 aromatic heterocycles. The highest BCUT2D eigenvalue weighted by molar-refractivity contribution is 7.10. The summed E-state index contributed by atoms with van der Waals surface area (Å²) in [5.74, 6) is 1.96. The van der Waals surface area contributed by atoms with Gasteiger partial charge in [0.25, 0.3) is 0 Å². The normalized spacial score (nSPS) is 14.6. The van der Waals surface area contributed by atoms with E-state index in [1.54, 1.807) is 23.3 Å². The Morgan fingerprint density at radius 1 is 1.36 bits per heavy atom. The fraction of sp³-hybridized carbons (Fsp3) is 0.381. The predicted octanol–water partition coefficient (Wildman–Crippen LogP) is 5.05. The molecule has 28 heavy (non-hydrogen) atoms. The number of rotatable bonds is 4. The van der Waals surface area contributed by atoms with Crippen molar-refractivity contribution < 1.29 is 14.3 Å². The molecule has 3 rings (SSSR count). The van der Waals surface area contributed by atoms with E-state index in [-0.39, 0.29) is 12.1 Å². The van der Waals surface area contributed by atoms with Crippen molar-refractivity contribution in [2.75, 3.05) is 12.4 Å². The maximum atomic E-state index is 12.7. The van der Waals surface area contributed by atoms with Crippen LogP contribution in [0.2, 0.25) is 0 Å². The minimum Gasteiger partial charge on any atom is -0.456 e. The molecule has 1 unspecified atom stereocenters. The molecule has 2 heterocycles. The summed E-state index contributed by atoms with van der Waals surface area (Å²) in [4.78, 5) is 15.4. The Hall–Kier alpha value is -2.67. The van der Waals surface area contributed by atoms with Crippen LogP contribution in [0.15, 0.2) is 47.3 Å². The lowest BCUT2D eigenvalue weighted by atomic mass is 10.0. The molecule has 6 nitrogen and oxygen atoms in total. The lowest BCUT2D eigenvalue weighted by Crippen LogP contribution is -2.37. The average Bonchev–Trinajstić information content (AvgIpc) is 3.13. The van der Waals surface area contributed by atoms with Crippen molar-refractivity contribution in [1.29, 1.82) is 0 Å². The summed E-state index contributed by atoms with van der Waals surface area (Å²) in [7, 11) is 1.76. The van der Waals surface area contributed by atoms with Gasteiger partial charge in [0, 0.05) is 18.3 Å². The number of carbonyl (C=O) groups excluding carboxylic acids is 1. The number of hydrogen-bond donors (Lipinski definition) is 2. The second-order valence-corrected chi connectivity index (χ2v) is 8.66. The Morgan fingerprint density at radius 3 is 2.71 bits per heavy atom. The molecule has 150 valence electrons. The summed E-state index contributed by atoms with van der Waals surface area (Å²) < 4.78 is 11.5. The van der Waals surface area contributed by atoms with Crippen LogP contribution >= 0.6 is 11.3 Å². The molecule has 1 amide bonds. The highest BCUT2D eigenvalue weighted by Gasteiger charge is 2.29. The van der Waals surface area contributed by atoms with Gasteiger partial charge in [-0.3, -0.25) is 4.90 Å². The number of fused-ring (bicyclic) bond motifs is 1. The zero-order valence-electron chi connectivity index (χ0n) is 16.9. The topological polar surface area (TPSA) is 76.8 Å². The third kappa shape index (κ3) is 4.25. The number of anilines is 1. The summed E-state index contributed by atoms with van der Waals surface area (Å²) in [6.45, 7) is 7.57. The van der Waals surface area contributed by atoms with Gasteiger partial charge in [-0.15, -0.1) is 11.3 Å². The lowest BCUT2D eigenvalue weighted by Gasteiger charge is -2.31. The van der Waals surface area contributed by atoms with Crippen molar-refractivity contribution in [3.05, 3.63) is 57.7 Å². The van der Waals surface area contributed by atoms with Gasteiger partial charge in [-0.1, -0.05) is 19.1 Å². The van der Waals surface area contributed by atoms with E-state index in [0.29, 0.717) is 12.2 Å². The summed E-state index contributed by atoms with van der Waals surface area (Å²) in [5, 5.41) is 5.21. The summed E-state index contributed by atoms with van der Waals surface area (Å²) in [5.41, 5.74) is 7.23. The Kier molecular flexibility index (Phi) is 5.56. The third-order valence-corrected chi connectivity index (χ3v) is 5.25. The average molecular weight is 402 g/mol. The number of benzene rings is 1. The fourth-order valence-electron chi connectivity index (χ4n) is 3.03. The van der Waals surface area contributed by atoms with Crippen LogP contribution in [0.4, 0.5) is 10.5 Å². The minimum atomic E-state index is -0.563. The van der Waals surface area contributed by atoms with Crippen molar-refractivity contribution >= 4 is 23.1 Å². The number of amides is 1. The Morgan fingerprint density at radius 2 is 2.11 bits per heavy atom. The van der Waals surface area contributed by atoms with Gasteiger partial charge in [0.15, 0.2) is 5.75 Å². The van der Waals surface area contributed by atoms with E-state index in [4.69, 9.17) is 15.2 Å². The van der Waals surface area contributed by atoms with Gasteiger partial charge in [-0.25, -0.2) is 4.79 Å². The van der Waals surface area contributed by atoms with Gasteiger partial charge in [-0.05, 0) is 49.9 Å². The smallest absolute Gasteiger partial charge is 0.410 e. The molecule has 0 saturated heterocycles. The van der Waals surface area contributed by atoms with E-state index in [1.807, 2.05) is 63.4 Å². The van der Waals surface area contributed by atoms with E-state index in [1.165, 1.54) is 0 Å². The van der Waals surface area contributed by atoms with Crippen LogP contribution in [0.1, 0.15) is 50.6 Å². The number of ether oxygens (including phenoxy) is 2. The number of carbonyl (C=O) groups is 1. The Bertz CT molecular complexity index is 885. The molecule has 1 aromatic carbocycles. The summed E-state index contributed by atoms with van der Waals surface area (Å²) in [6, 6.07) is 9.57. The lowest BCUT2D eigenvalue weighted by molar-refractivity contribution is 0.0251. The van der Waals surface area contributed by atoms with Crippen LogP contribution in [0.3, 0.4) is 0 Å². The zero-order valence-corrected chi connectivity index (χ0v) is 17.7. The molecule has 0 radical (unpaired) electrons. The highest BCUT2D eigenvalue weighted by atomic mass is 32.1. The standard InChI is InChI=1S/C21H27N3O3S/c1-6-15-19(22)23-14-12-13(9-10-16(14)26-15)18(17-8-7-11-28-17)24(5)20(25)27-21(2,3)4/h7-12,18,23H,6,22H2,1-5H3. The first-order valence-corrected chi connectivity index (χ1v) is 10.1. The molecular formula is C21H27N3O3S.